The first-order valence-corrected chi connectivity index (χ1v) is 6.31. The molecule has 1 heterocycles. The molecule has 1 aliphatic rings. The maximum absolute atomic E-state index is 5.48. The second-order valence-electron chi connectivity index (χ2n) is 3.67. The molecule has 0 aromatic carbocycles. The molecule has 1 fully saturated rings. The third-order valence-corrected chi connectivity index (χ3v) is 2.34. The van der Waals surface area contributed by atoms with E-state index in [1.165, 1.54) is 6.42 Å². The van der Waals surface area contributed by atoms with Gasteiger partial charge in [-0.3, -0.25) is 0 Å². The van der Waals surface area contributed by atoms with Gasteiger partial charge in [-0.1, -0.05) is 5.92 Å². The zero-order valence-electron chi connectivity index (χ0n) is 10.7. The van der Waals surface area contributed by atoms with Gasteiger partial charge in [0.25, 0.3) is 0 Å². The van der Waals surface area contributed by atoms with Crippen molar-refractivity contribution < 1.29 is 18.9 Å². The van der Waals surface area contributed by atoms with Gasteiger partial charge in [-0.15, -0.1) is 0 Å². The van der Waals surface area contributed by atoms with Crippen LogP contribution in [0, 0.1) is 11.8 Å². The molecule has 1 rings (SSSR count). The highest BCUT2D eigenvalue weighted by Gasteiger charge is 2.12. The number of hydrogen-bond acceptors (Lipinski definition) is 4. The quantitative estimate of drug-likeness (QED) is 0.527. The minimum atomic E-state index is -0.444. The molecule has 98 valence electrons. The Morgan fingerprint density at radius 2 is 2.00 bits per heavy atom. The Balaban J connectivity index is 2.18. The van der Waals surface area contributed by atoms with Crippen LogP contribution >= 0.6 is 0 Å². The highest BCUT2D eigenvalue weighted by molar-refractivity contribution is 5.02. The fraction of sp³-hybridized carbons (Fsp3) is 0.846. The summed E-state index contributed by atoms with van der Waals surface area (Å²) in [5.41, 5.74) is 0. The number of hydrogen-bond donors (Lipinski definition) is 0. The standard InChI is InChI=1S/C13H22O4/c1-3-14-12(15-4-2)9-7-11-17-13-8-5-6-10-16-13/h12-13H,3-6,8,10-11H2,1-2H3/t13-/m1/s1. The van der Waals surface area contributed by atoms with Crippen LogP contribution in [0.4, 0.5) is 0 Å². The lowest BCUT2D eigenvalue weighted by atomic mass is 10.2. The van der Waals surface area contributed by atoms with Crippen molar-refractivity contribution in [3.63, 3.8) is 0 Å². The van der Waals surface area contributed by atoms with Crippen LogP contribution in [0.1, 0.15) is 33.1 Å². The predicted molar refractivity (Wildman–Crippen MR) is 64.4 cm³/mol. The van der Waals surface area contributed by atoms with E-state index in [0.29, 0.717) is 19.8 Å². The van der Waals surface area contributed by atoms with E-state index < -0.39 is 6.29 Å². The van der Waals surface area contributed by atoms with Gasteiger partial charge >= 0.3 is 0 Å². The van der Waals surface area contributed by atoms with E-state index >= 15 is 0 Å². The monoisotopic (exact) mass is 242 g/mol. The third kappa shape index (κ3) is 6.64. The van der Waals surface area contributed by atoms with Gasteiger partial charge in [0.1, 0.15) is 6.61 Å². The van der Waals surface area contributed by atoms with Crippen molar-refractivity contribution in [2.24, 2.45) is 0 Å². The van der Waals surface area contributed by atoms with Gasteiger partial charge in [0.15, 0.2) is 6.29 Å². The second kappa shape index (κ2) is 9.43. The van der Waals surface area contributed by atoms with Crippen molar-refractivity contribution in [1.29, 1.82) is 0 Å². The van der Waals surface area contributed by atoms with E-state index in [0.717, 1.165) is 19.4 Å². The van der Waals surface area contributed by atoms with Gasteiger partial charge in [-0.05, 0) is 39.0 Å². The van der Waals surface area contributed by atoms with Crippen LogP contribution < -0.4 is 0 Å². The van der Waals surface area contributed by atoms with Crippen molar-refractivity contribution >= 4 is 0 Å². The lowest BCUT2D eigenvalue weighted by Crippen LogP contribution is -2.22. The van der Waals surface area contributed by atoms with E-state index in [1.54, 1.807) is 0 Å². The van der Waals surface area contributed by atoms with Gasteiger partial charge in [-0.25, -0.2) is 0 Å². The summed E-state index contributed by atoms with van der Waals surface area (Å²) in [5, 5.41) is 0. The Morgan fingerprint density at radius 1 is 1.24 bits per heavy atom. The molecular weight excluding hydrogens is 220 g/mol. The van der Waals surface area contributed by atoms with Gasteiger partial charge in [0.05, 0.1) is 0 Å². The van der Waals surface area contributed by atoms with Gasteiger partial charge < -0.3 is 18.9 Å². The molecule has 1 atom stereocenters. The highest BCUT2D eigenvalue weighted by atomic mass is 16.7. The first-order valence-electron chi connectivity index (χ1n) is 6.31. The molecule has 0 saturated carbocycles. The van der Waals surface area contributed by atoms with Crippen molar-refractivity contribution in [2.45, 2.75) is 45.7 Å². The predicted octanol–water partition coefficient (Wildman–Crippen LogP) is 1.93. The Bertz CT molecular complexity index is 232. The number of ether oxygens (including phenoxy) is 4. The summed E-state index contributed by atoms with van der Waals surface area (Å²) in [5.74, 6) is 5.79. The zero-order chi connectivity index (χ0) is 12.3. The van der Waals surface area contributed by atoms with E-state index in [-0.39, 0.29) is 6.29 Å². The summed E-state index contributed by atoms with van der Waals surface area (Å²) in [4.78, 5) is 0. The molecule has 0 aromatic heterocycles. The molecule has 1 saturated heterocycles. The Hall–Kier alpha value is -0.600. The van der Waals surface area contributed by atoms with E-state index in [9.17, 15) is 0 Å². The van der Waals surface area contributed by atoms with E-state index in [1.807, 2.05) is 13.8 Å². The molecule has 0 bridgehead atoms. The Morgan fingerprint density at radius 3 is 2.59 bits per heavy atom. The van der Waals surface area contributed by atoms with Gasteiger partial charge in [0, 0.05) is 19.8 Å². The molecule has 0 spiro atoms. The molecule has 0 aromatic rings. The van der Waals surface area contributed by atoms with Gasteiger partial charge in [-0.2, -0.15) is 0 Å². The molecule has 4 heteroatoms. The van der Waals surface area contributed by atoms with Crippen molar-refractivity contribution in [2.75, 3.05) is 26.4 Å². The Kier molecular flexibility index (Phi) is 8.02. The largest absolute Gasteiger partial charge is 0.353 e. The summed E-state index contributed by atoms with van der Waals surface area (Å²) in [6.45, 7) is 6.16. The highest BCUT2D eigenvalue weighted by Crippen LogP contribution is 2.13. The summed E-state index contributed by atoms with van der Waals surface area (Å²) < 4.78 is 21.5. The van der Waals surface area contributed by atoms with Crippen LogP contribution in [-0.2, 0) is 18.9 Å². The molecular formula is C13H22O4. The smallest absolute Gasteiger partial charge is 0.222 e. The summed E-state index contributed by atoms with van der Waals surface area (Å²) in [6.07, 6.45) is 2.72. The fourth-order valence-electron chi connectivity index (χ4n) is 1.54. The fourth-order valence-corrected chi connectivity index (χ4v) is 1.54. The minimum Gasteiger partial charge on any atom is -0.353 e. The lowest BCUT2D eigenvalue weighted by Gasteiger charge is -2.21. The average Bonchev–Trinajstić information content (AvgIpc) is 2.36. The van der Waals surface area contributed by atoms with Crippen LogP contribution in [0.25, 0.3) is 0 Å². The van der Waals surface area contributed by atoms with Crippen LogP contribution in [-0.4, -0.2) is 39.0 Å². The maximum atomic E-state index is 5.48. The molecule has 0 amide bonds. The molecule has 1 aliphatic heterocycles. The maximum Gasteiger partial charge on any atom is 0.222 e. The molecule has 0 aliphatic carbocycles. The first-order chi connectivity index (χ1) is 8.36. The summed E-state index contributed by atoms with van der Waals surface area (Å²) in [6, 6.07) is 0. The van der Waals surface area contributed by atoms with Crippen LogP contribution in [0.15, 0.2) is 0 Å². The Labute approximate surface area is 104 Å². The lowest BCUT2D eigenvalue weighted by molar-refractivity contribution is -0.154. The van der Waals surface area contributed by atoms with Crippen LogP contribution in [0.2, 0.25) is 0 Å². The van der Waals surface area contributed by atoms with Gasteiger partial charge in [0.2, 0.25) is 6.29 Å². The second-order valence-corrected chi connectivity index (χ2v) is 3.67. The third-order valence-electron chi connectivity index (χ3n) is 2.34. The topological polar surface area (TPSA) is 36.9 Å². The molecule has 0 radical (unpaired) electrons. The molecule has 4 nitrogen and oxygen atoms in total. The summed E-state index contributed by atoms with van der Waals surface area (Å²) >= 11 is 0. The van der Waals surface area contributed by atoms with Crippen LogP contribution in [0.5, 0.6) is 0 Å². The molecule has 0 N–H and O–H groups in total. The average molecular weight is 242 g/mol. The SMILES string of the molecule is CCOC(C#CCO[C@@H]1CCCCO1)OCC. The zero-order valence-corrected chi connectivity index (χ0v) is 10.7. The minimum absolute atomic E-state index is 0.0873. The summed E-state index contributed by atoms with van der Waals surface area (Å²) in [7, 11) is 0. The van der Waals surface area contributed by atoms with E-state index in [2.05, 4.69) is 11.8 Å². The van der Waals surface area contributed by atoms with Crippen molar-refractivity contribution in [3.05, 3.63) is 0 Å². The normalized spacial score (nSPS) is 20.1. The molecule has 0 unspecified atom stereocenters. The first kappa shape index (κ1) is 14.5. The van der Waals surface area contributed by atoms with E-state index in [4.69, 9.17) is 18.9 Å². The number of rotatable bonds is 6. The molecule has 17 heavy (non-hydrogen) atoms. The van der Waals surface area contributed by atoms with Crippen molar-refractivity contribution in [1.82, 2.24) is 0 Å². The van der Waals surface area contributed by atoms with Crippen molar-refractivity contribution in [3.8, 4) is 11.8 Å². The van der Waals surface area contributed by atoms with Crippen LogP contribution in [0.3, 0.4) is 0 Å².